The molecule has 0 aliphatic heterocycles. The van der Waals surface area contributed by atoms with Gasteiger partial charge in [-0.3, -0.25) is 4.79 Å². The zero-order chi connectivity index (χ0) is 15.1. The first-order chi connectivity index (χ1) is 9.45. The summed E-state index contributed by atoms with van der Waals surface area (Å²) in [5, 5.41) is 11.5. The molecule has 114 valence electrons. The van der Waals surface area contributed by atoms with E-state index in [1.165, 1.54) is 0 Å². The second kappa shape index (κ2) is 7.72. The Hall–Kier alpha value is -1.79. The van der Waals surface area contributed by atoms with E-state index in [0.717, 1.165) is 25.7 Å². The normalized spacial score (nSPS) is 15.4. The molecule has 1 aliphatic carbocycles. The van der Waals surface area contributed by atoms with Gasteiger partial charge in [0.2, 0.25) is 5.91 Å². The number of carboxylic acids is 1. The Morgan fingerprint density at radius 2 is 2.05 bits per heavy atom. The summed E-state index contributed by atoms with van der Waals surface area (Å²) >= 11 is 0. The molecule has 0 spiro atoms. The Balaban J connectivity index is 2.53. The molecule has 1 fully saturated rings. The minimum atomic E-state index is -1.15. The van der Waals surface area contributed by atoms with Crippen LogP contribution in [0.4, 0.5) is 4.79 Å². The van der Waals surface area contributed by atoms with Crippen molar-refractivity contribution in [3.63, 3.8) is 0 Å². The van der Waals surface area contributed by atoms with Gasteiger partial charge in [0, 0.05) is 19.0 Å². The largest absolute Gasteiger partial charge is 0.480 e. The third-order valence-electron chi connectivity index (χ3n) is 3.28. The predicted molar refractivity (Wildman–Crippen MR) is 73.0 cm³/mol. The van der Waals surface area contributed by atoms with Crippen LogP contribution < -0.4 is 11.1 Å². The van der Waals surface area contributed by atoms with E-state index in [9.17, 15) is 14.4 Å². The van der Waals surface area contributed by atoms with E-state index < -0.39 is 17.9 Å². The third-order valence-corrected chi connectivity index (χ3v) is 3.28. The van der Waals surface area contributed by atoms with Crippen molar-refractivity contribution < 1.29 is 19.5 Å². The first-order valence-electron chi connectivity index (χ1n) is 7.04. The molecule has 1 saturated carbocycles. The molecule has 0 radical (unpaired) electrons. The van der Waals surface area contributed by atoms with E-state index in [1.54, 1.807) is 4.90 Å². The van der Waals surface area contributed by atoms with Gasteiger partial charge in [0.05, 0.1) is 0 Å². The summed E-state index contributed by atoms with van der Waals surface area (Å²) in [6.45, 7) is 2.67. The maximum atomic E-state index is 12.1. The van der Waals surface area contributed by atoms with Crippen LogP contribution in [0.25, 0.3) is 0 Å². The van der Waals surface area contributed by atoms with E-state index in [0.29, 0.717) is 6.54 Å². The van der Waals surface area contributed by atoms with Crippen molar-refractivity contribution in [1.29, 1.82) is 0 Å². The van der Waals surface area contributed by atoms with Crippen molar-refractivity contribution in [2.45, 2.75) is 57.5 Å². The van der Waals surface area contributed by atoms with Gasteiger partial charge in [-0.25, -0.2) is 9.59 Å². The Morgan fingerprint density at radius 3 is 2.50 bits per heavy atom. The van der Waals surface area contributed by atoms with Crippen LogP contribution in [0.5, 0.6) is 0 Å². The molecule has 20 heavy (non-hydrogen) atoms. The number of amides is 3. The van der Waals surface area contributed by atoms with Crippen LogP contribution in [-0.2, 0) is 9.59 Å². The van der Waals surface area contributed by atoms with E-state index in [1.807, 2.05) is 6.92 Å². The van der Waals surface area contributed by atoms with Crippen LogP contribution in [-0.4, -0.2) is 46.5 Å². The highest BCUT2D eigenvalue weighted by atomic mass is 16.4. The summed E-state index contributed by atoms with van der Waals surface area (Å²) in [7, 11) is 0. The van der Waals surface area contributed by atoms with Gasteiger partial charge in [-0.1, -0.05) is 13.3 Å². The Morgan fingerprint density at radius 1 is 1.40 bits per heavy atom. The molecule has 3 amide bonds. The SMILES string of the molecule is CCCCN(C(=O)N[C@@H](CCC(N)=O)C(=O)O)C1CC1. The van der Waals surface area contributed by atoms with Crippen LogP contribution in [0.15, 0.2) is 0 Å². The van der Waals surface area contributed by atoms with E-state index in [2.05, 4.69) is 5.32 Å². The lowest BCUT2D eigenvalue weighted by atomic mass is 10.1. The molecule has 7 nitrogen and oxygen atoms in total. The number of carboxylic acid groups (broad SMARTS) is 1. The molecule has 0 aromatic heterocycles. The number of rotatable bonds is 9. The number of nitrogens with one attached hydrogen (secondary N) is 1. The summed E-state index contributed by atoms with van der Waals surface area (Å²) in [5.74, 6) is -1.72. The van der Waals surface area contributed by atoms with E-state index in [4.69, 9.17) is 10.8 Å². The second-order valence-corrected chi connectivity index (χ2v) is 5.12. The van der Waals surface area contributed by atoms with Crippen LogP contribution in [0.1, 0.15) is 45.4 Å². The van der Waals surface area contributed by atoms with Gasteiger partial charge in [-0.2, -0.15) is 0 Å². The lowest BCUT2D eigenvalue weighted by molar-refractivity contribution is -0.139. The van der Waals surface area contributed by atoms with Crippen molar-refractivity contribution in [2.24, 2.45) is 5.73 Å². The topological polar surface area (TPSA) is 113 Å². The highest BCUT2D eigenvalue weighted by Crippen LogP contribution is 2.27. The molecule has 1 aliphatic rings. The van der Waals surface area contributed by atoms with Crippen LogP contribution >= 0.6 is 0 Å². The van der Waals surface area contributed by atoms with Crippen molar-refractivity contribution >= 4 is 17.9 Å². The Kier molecular flexibility index (Phi) is 6.27. The molecule has 7 heteroatoms. The first-order valence-corrected chi connectivity index (χ1v) is 7.04. The molecule has 0 saturated heterocycles. The fourth-order valence-electron chi connectivity index (χ4n) is 1.94. The van der Waals surface area contributed by atoms with E-state index >= 15 is 0 Å². The highest BCUT2D eigenvalue weighted by Gasteiger charge is 2.33. The summed E-state index contributed by atoms with van der Waals surface area (Å²) in [4.78, 5) is 35.6. The van der Waals surface area contributed by atoms with Crippen LogP contribution in [0.2, 0.25) is 0 Å². The molecule has 0 aromatic rings. The zero-order valence-corrected chi connectivity index (χ0v) is 11.8. The fraction of sp³-hybridized carbons (Fsp3) is 0.769. The molecule has 1 atom stereocenters. The number of carbonyl (C=O) groups is 3. The number of primary amides is 1. The van der Waals surface area contributed by atoms with Crippen LogP contribution in [0.3, 0.4) is 0 Å². The standard InChI is InChI=1S/C13H23N3O4/c1-2-3-8-16(9-4-5-9)13(20)15-10(12(18)19)6-7-11(14)17/h9-10H,2-8H2,1H3,(H2,14,17)(H,15,20)(H,18,19)/t10-/m0/s1. The molecular weight excluding hydrogens is 262 g/mol. The second-order valence-electron chi connectivity index (χ2n) is 5.12. The zero-order valence-electron chi connectivity index (χ0n) is 11.8. The molecule has 0 aromatic carbocycles. The molecular formula is C13H23N3O4. The number of hydrogen-bond acceptors (Lipinski definition) is 3. The quantitative estimate of drug-likeness (QED) is 0.578. The number of hydrogen-bond donors (Lipinski definition) is 3. The van der Waals surface area contributed by atoms with Gasteiger partial charge in [0.25, 0.3) is 0 Å². The minimum absolute atomic E-state index is 0.0166. The average molecular weight is 285 g/mol. The Bertz CT molecular complexity index is 369. The molecule has 1 rings (SSSR count). The maximum Gasteiger partial charge on any atom is 0.326 e. The predicted octanol–water partition coefficient (Wildman–Crippen LogP) is 0.679. The lowest BCUT2D eigenvalue weighted by Gasteiger charge is -2.25. The maximum absolute atomic E-state index is 12.1. The summed E-state index contributed by atoms with van der Waals surface area (Å²) < 4.78 is 0. The monoisotopic (exact) mass is 285 g/mol. The minimum Gasteiger partial charge on any atom is -0.480 e. The summed E-state index contributed by atoms with van der Waals surface area (Å²) in [6, 6.07) is -1.21. The van der Waals surface area contributed by atoms with Gasteiger partial charge in [-0.05, 0) is 25.7 Å². The van der Waals surface area contributed by atoms with Gasteiger partial charge < -0.3 is 21.1 Å². The number of urea groups is 1. The Labute approximate surface area is 118 Å². The van der Waals surface area contributed by atoms with Crippen LogP contribution in [0, 0.1) is 0 Å². The summed E-state index contributed by atoms with van der Waals surface area (Å²) in [5.41, 5.74) is 5.00. The lowest BCUT2D eigenvalue weighted by Crippen LogP contribution is -2.49. The summed E-state index contributed by atoms with van der Waals surface area (Å²) in [6.07, 6.45) is 3.76. The van der Waals surface area contributed by atoms with Gasteiger partial charge in [-0.15, -0.1) is 0 Å². The first kappa shape index (κ1) is 16.3. The smallest absolute Gasteiger partial charge is 0.326 e. The van der Waals surface area contributed by atoms with Crippen molar-refractivity contribution in [3.8, 4) is 0 Å². The number of aliphatic carboxylic acids is 1. The van der Waals surface area contributed by atoms with Crippen molar-refractivity contribution in [3.05, 3.63) is 0 Å². The molecule has 0 heterocycles. The average Bonchev–Trinajstić information content (AvgIpc) is 3.18. The number of unbranched alkanes of at least 4 members (excludes halogenated alkanes) is 1. The highest BCUT2D eigenvalue weighted by molar-refractivity contribution is 5.83. The molecule has 0 bridgehead atoms. The van der Waals surface area contributed by atoms with Gasteiger partial charge in [0.1, 0.15) is 6.04 Å². The van der Waals surface area contributed by atoms with Crippen molar-refractivity contribution in [2.75, 3.05) is 6.54 Å². The number of nitrogens with two attached hydrogens (primary N) is 1. The third kappa shape index (κ3) is 5.46. The van der Waals surface area contributed by atoms with Gasteiger partial charge >= 0.3 is 12.0 Å². The fourth-order valence-corrected chi connectivity index (χ4v) is 1.94. The van der Waals surface area contributed by atoms with Crippen molar-refractivity contribution in [1.82, 2.24) is 10.2 Å². The molecule has 4 N–H and O–H groups in total. The van der Waals surface area contributed by atoms with E-state index in [-0.39, 0.29) is 24.9 Å². The van der Waals surface area contributed by atoms with Gasteiger partial charge in [0.15, 0.2) is 0 Å². The number of carbonyl (C=O) groups excluding carboxylic acids is 2. The number of nitrogens with zero attached hydrogens (tertiary/aromatic N) is 1. The molecule has 0 unspecified atom stereocenters.